The van der Waals surface area contributed by atoms with Gasteiger partial charge in [0.25, 0.3) is 0 Å². The van der Waals surface area contributed by atoms with Crippen molar-refractivity contribution in [3.8, 4) is 0 Å². The van der Waals surface area contributed by atoms with Crippen LogP contribution in [-0.4, -0.2) is 0 Å². The van der Waals surface area contributed by atoms with E-state index < -0.39 is 0 Å². The lowest BCUT2D eigenvalue weighted by molar-refractivity contribution is 0.626. The summed E-state index contributed by atoms with van der Waals surface area (Å²) in [5.41, 5.74) is 0. The van der Waals surface area contributed by atoms with E-state index >= 15 is 0 Å². The molecule has 1 aliphatic rings. The fraction of sp³-hybridized carbons (Fsp3) is 1.00. The van der Waals surface area contributed by atoms with E-state index in [0.29, 0.717) is 0 Å². The summed E-state index contributed by atoms with van der Waals surface area (Å²) in [5, 5.41) is 0. The molecule has 1 saturated carbocycles. The third-order valence-electron chi connectivity index (χ3n) is 3.27. The Morgan fingerprint density at radius 3 is 0.783 bits per heavy atom. The van der Waals surface area contributed by atoms with E-state index in [2.05, 4.69) is 69.2 Å². The normalized spacial score (nSPS) is 12.0. The molecule has 0 aliphatic heterocycles. The fourth-order valence-electron chi connectivity index (χ4n) is 1.24. The highest BCUT2D eigenvalue weighted by Gasteiger charge is 1.95. The van der Waals surface area contributed by atoms with Crippen molar-refractivity contribution >= 4 is 0 Å². The lowest BCUT2D eigenvalue weighted by Gasteiger charge is -1.90. The van der Waals surface area contributed by atoms with Crippen LogP contribution in [0.5, 0.6) is 0 Å². The summed E-state index contributed by atoms with van der Waals surface area (Å²) in [4.78, 5) is 0. The quantitative estimate of drug-likeness (QED) is 0.481. The molecule has 0 N–H and O–H groups in total. The molecule has 1 aliphatic carbocycles. The Morgan fingerprint density at radius 2 is 0.739 bits per heavy atom. The van der Waals surface area contributed by atoms with E-state index in [-0.39, 0.29) is 0 Å². The van der Waals surface area contributed by atoms with Crippen LogP contribution in [0.3, 0.4) is 0 Å². The first-order chi connectivity index (χ1) is 10.8. The van der Waals surface area contributed by atoms with Crippen LogP contribution in [0.25, 0.3) is 0 Å². The molecule has 0 saturated heterocycles. The molecule has 0 bridgehead atoms. The van der Waals surface area contributed by atoms with Crippen molar-refractivity contribution < 1.29 is 0 Å². The SMILES string of the molecule is C1CCCC1.CC(C)C.CCC(C)C.CCCC.CCCCC. The van der Waals surface area contributed by atoms with Crippen molar-refractivity contribution in [1.82, 2.24) is 0 Å². The standard InChI is InChI=1S/C5H10.2C5H12.2C4H10/c1-2-4-5-3-1;1-4-5(2)3;1-3-5-4-2;1-4(2)3;1-3-4-2/h1-5H2;5H,4H2,1-3H3;3-5H2,1-2H3;4H,1-3H3;3-4H2,1-2H3. The van der Waals surface area contributed by atoms with Gasteiger partial charge in [-0.15, -0.1) is 0 Å². The molecule has 0 aromatic carbocycles. The van der Waals surface area contributed by atoms with E-state index in [1.54, 1.807) is 0 Å². The smallest absolute Gasteiger partial charge is 0.0474 e. The molecular formula is C23H54. The average Bonchev–Trinajstić information content (AvgIpc) is 3.08. The van der Waals surface area contributed by atoms with Crippen LogP contribution < -0.4 is 0 Å². The maximum Gasteiger partial charge on any atom is -0.0474 e. The summed E-state index contributed by atoms with van der Waals surface area (Å²) in [5.74, 6) is 1.72. The third kappa shape index (κ3) is 88.0. The van der Waals surface area contributed by atoms with Crippen LogP contribution in [0.2, 0.25) is 0 Å². The number of hydrogen-bond donors (Lipinski definition) is 0. The minimum Gasteiger partial charge on any atom is -0.0654 e. The van der Waals surface area contributed by atoms with E-state index in [9.17, 15) is 0 Å². The summed E-state index contributed by atoms with van der Waals surface area (Å²) in [6.07, 6.45) is 15.5. The Balaban J connectivity index is -0.0000000986. The van der Waals surface area contributed by atoms with Crippen molar-refractivity contribution in [3.05, 3.63) is 0 Å². The highest BCUT2D eigenvalue weighted by molar-refractivity contribution is 4.51. The van der Waals surface area contributed by atoms with E-state index in [0.717, 1.165) is 11.8 Å². The zero-order valence-corrected chi connectivity index (χ0v) is 18.9. The number of hydrogen-bond acceptors (Lipinski definition) is 0. The molecule has 0 radical (unpaired) electrons. The second-order valence-corrected chi connectivity index (χ2v) is 7.66. The van der Waals surface area contributed by atoms with Crippen LogP contribution in [0.4, 0.5) is 0 Å². The summed E-state index contributed by atoms with van der Waals surface area (Å²) in [6, 6.07) is 0. The predicted molar refractivity (Wildman–Crippen MR) is 115 cm³/mol. The van der Waals surface area contributed by atoms with Gasteiger partial charge >= 0.3 is 0 Å². The number of unbranched alkanes of at least 4 members (excludes halogenated alkanes) is 3. The molecule has 0 amide bonds. The molecule has 0 atom stereocenters. The monoisotopic (exact) mass is 330 g/mol. The van der Waals surface area contributed by atoms with Gasteiger partial charge < -0.3 is 0 Å². The molecule has 0 unspecified atom stereocenters. The highest BCUT2D eigenvalue weighted by Crippen LogP contribution is 2.15. The van der Waals surface area contributed by atoms with Crippen LogP contribution in [0.1, 0.15) is 140 Å². The zero-order chi connectivity index (χ0) is 18.9. The molecule has 0 heteroatoms. The van der Waals surface area contributed by atoms with Gasteiger partial charge in [-0.25, -0.2) is 0 Å². The minimum atomic E-state index is 0.833. The van der Waals surface area contributed by atoms with Crippen molar-refractivity contribution in [2.45, 2.75) is 140 Å². The van der Waals surface area contributed by atoms with Gasteiger partial charge in [-0.1, -0.05) is 140 Å². The molecule has 23 heavy (non-hydrogen) atoms. The number of rotatable bonds is 4. The predicted octanol–water partition coefficient (Wildman–Crippen LogP) is 9.67. The first-order valence-electron chi connectivity index (χ1n) is 10.8. The maximum absolute atomic E-state index is 2.22. The second kappa shape index (κ2) is 33.6. The van der Waals surface area contributed by atoms with Gasteiger partial charge in [-0.3, -0.25) is 0 Å². The van der Waals surface area contributed by atoms with Crippen LogP contribution in [0, 0.1) is 11.8 Å². The van der Waals surface area contributed by atoms with Crippen molar-refractivity contribution in [2.75, 3.05) is 0 Å². The van der Waals surface area contributed by atoms with Gasteiger partial charge in [0.2, 0.25) is 0 Å². The van der Waals surface area contributed by atoms with Gasteiger partial charge in [0.05, 0.1) is 0 Å². The maximum atomic E-state index is 2.22. The first-order valence-corrected chi connectivity index (χ1v) is 10.8. The van der Waals surface area contributed by atoms with Crippen molar-refractivity contribution in [2.24, 2.45) is 11.8 Å². The van der Waals surface area contributed by atoms with Gasteiger partial charge in [-0.2, -0.15) is 0 Å². The van der Waals surface area contributed by atoms with E-state index in [1.165, 1.54) is 70.6 Å². The molecule has 1 rings (SSSR count). The summed E-state index contributed by atoms with van der Waals surface area (Å²) >= 11 is 0. The Kier molecular flexibility index (Phi) is 45.0. The molecular weight excluding hydrogens is 276 g/mol. The fourth-order valence-corrected chi connectivity index (χ4v) is 1.24. The molecule has 0 nitrogen and oxygen atoms in total. The highest BCUT2D eigenvalue weighted by atomic mass is 14.0. The Labute approximate surface area is 152 Å². The molecule has 0 spiro atoms. The van der Waals surface area contributed by atoms with Crippen LogP contribution >= 0.6 is 0 Å². The molecule has 0 heterocycles. The van der Waals surface area contributed by atoms with Gasteiger partial charge in [-0.05, 0) is 11.8 Å². The Morgan fingerprint density at radius 1 is 0.522 bits per heavy atom. The van der Waals surface area contributed by atoms with Gasteiger partial charge in [0, 0.05) is 0 Å². The van der Waals surface area contributed by atoms with Crippen molar-refractivity contribution in [1.29, 1.82) is 0 Å². The first kappa shape index (κ1) is 30.8. The molecule has 146 valence electrons. The second-order valence-electron chi connectivity index (χ2n) is 7.66. The topological polar surface area (TPSA) is 0 Å². The van der Waals surface area contributed by atoms with Crippen LogP contribution in [0.15, 0.2) is 0 Å². The molecule has 0 aromatic heterocycles. The summed E-state index contributed by atoms with van der Waals surface area (Å²) < 4.78 is 0. The van der Waals surface area contributed by atoms with E-state index in [4.69, 9.17) is 0 Å². The van der Waals surface area contributed by atoms with Gasteiger partial charge in [0.15, 0.2) is 0 Å². The summed E-state index contributed by atoms with van der Waals surface area (Å²) in [7, 11) is 0. The molecule has 1 fully saturated rings. The zero-order valence-electron chi connectivity index (χ0n) is 18.9. The summed E-state index contributed by atoms with van der Waals surface area (Å²) in [6.45, 7) is 21.9. The van der Waals surface area contributed by atoms with Crippen LogP contribution in [-0.2, 0) is 0 Å². The Bertz CT molecular complexity index is 117. The van der Waals surface area contributed by atoms with Gasteiger partial charge in [0.1, 0.15) is 0 Å². The largest absolute Gasteiger partial charge is 0.0654 e. The Hall–Kier alpha value is 0. The minimum absolute atomic E-state index is 0.833. The molecule has 0 aromatic rings. The average molecular weight is 331 g/mol. The lowest BCUT2D eigenvalue weighted by Crippen LogP contribution is -1.77. The third-order valence-corrected chi connectivity index (χ3v) is 3.27. The van der Waals surface area contributed by atoms with E-state index in [1.807, 2.05) is 0 Å². The van der Waals surface area contributed by atoms with Crippen molar-refractivity contribution in [3.63, 3.8) is 0 Å². The lowest BCUT2D eigenvalue weighted by atomic mass is 10.2.